The van der Waals surface area contributed by atoms with E-state index >= 15 is 0 Å². The minimum absolute atomic E-state index is 0.177. The second-order valence-corrected chi connectivity index (χ2v) is 7.13. The summed E-state index contributed by atoms with van der Waals surface area (Å²) in [5.74, 6) is 0.561. The largest absolute Gasteiger partial charge is 0.471 e. The zero-order valence-electron chi connectivity index (χ0n) is 13.3. The van der Waals surface area contributed by atoms with Crippen molar-refractivity contribution in [2.75, 3.05) is 5.32 Å². The van der Waals surface area contributed by atoms with Gasteiger partial charge in [0.2, 0.25) is 5.91 Å². The predicted molar refractivity (Wildman–Crippen MR) is 100 cm³/mol. The molecule has 0 bridgehead atoms. The van der Waals surface area contributed by atoms with E-state index in [1.807, 2.05) is 24.3 Å². The van der Waals surface area contributed by atoms with Crippen LogP contribution in [0.1, 0.15) is 13.0 Å². The number of hydrogen-bond acceptors (Lipinski definition) is 4. The molecule has 1 N–H and O–H groups in total. The van der Waals surface area contributed by atoms with Gasteiger partial charge in [0.1, 0.15) is 11.8 Å². The van der Waals surface area contributed by atoms with Gasteiger partial charge in [-0.05, 0) is 47.1 Å². The maximum Gasteiger partial charge on any atom is 0.249 e. The van der Waals surface area contributed by atoms with Crippen LogP contribution >= 0.6 is 31.9 Å². The Morgan fingerprint density at radius 3 is 2.60 bits per heavy atom. The summed E-state index contributed by atoms with van der Waals surface area (Å²) in [5, 5.41) is 11.1. The highest BCUT2D eigenvalue weighted by atomic mass is 79.9. The number of carbonyl (C=O) groups is 1. The van der Waals surface area contributed by atoms with Gasteiger partial charge in [-0.3, -0.25) is 9.48 Å². The van der Waals surface area contributed by atoms with Crippen LogP contribution in [0.3, 0.4) is 0 Å². The van der Waals surface area contributed by atoms with Crippen molar-refractivity contribution >= 4 is 43.5 Å². The number of hydrogen-bond donors (Lipinski definition) is 1. The van der Waals surface area contributed by atoms with Crippen molar-refractivity contribution in [2.45, 2.75) is 19.7 Å². The number of benzene rings is 1. The van der Waals surface area contributed by atoms with Gasteiger partial charge >= 0.3 is 0 Å². The van der Waals surface area contributed by atoms with Crippen LogP contribution in [0.15, 0.2) is 58.0 Å². The Bertz CT molecular complexity index is 860. The summed E-state index contributed by atoms with van der Waals surface area (Å²) in [6.45, 7) is 2.02. The number of carbonyl (C=O) groups excluding carboxylic acids is 1. The Labute approximate surface area is 161 Å². The Kier molecular flexibility index (Phi) is 5.54. The van der Waals surface area contributed by atoms with Crippen LogP contribution in [0.5, 0.6) is 5.75 Å². The van der Waals surface area contributed by atoms with E-state index in [1.54, 1.807) is 41.1 Å². The van der Waals surface area contributed by atoms with Crippen molar-refractivity contribution in [3.63, 3.8) is 0 Å². The molecule has 25 heavy (non-hydrogen) atoms. The molecule has 3 rings (SSSR count). The minimum atomic E-state index is -0.436. The molecule has 2 heterocycles. The predicted octanol–water partition coefficient (Wildman–Crippen LogP) is 3.84. The van der Waals surface area contributed by atoms with Crippen LogP contribution in [-0.4, -0.2) is 25.5 Å². The maximum atomic E-state index is 12.3. The van der Waals surface area contributed by atoms with E-state index < -0.39 is 6.04 Å². The molecule has 3 aromatic rings. The third-order valence-electron chi connectivity index (χ3n) is 3.42. The molecule has 1 unspecified atom stereocenters. The molecule has 0 aliphatic rings. The average Bonchev–Trinajstić information content (AvgIpc) is 3.22. The number of rotatable bonds is 6. The molecule has 0 aliphatic heterocycles. The molecule has 0 fully saturated rings. The van der Waals surface area contributed by atoms with Crippen LogP contribution in [0.25, 0.3) is 0 Å². The van der Waals surface area contributed by atoms with E-state index in [-0.39, 0.29) is 12.6 Å². The van der Waals surface area contributed by atoms with Crippen LogP contribution in [0.2, 0.25) is 0 Å². The highest BCUT2D eigenvalue weighted by Gasteiger charge is 2.16. The molecule has 0 radical (unpaired) electrons. The fraction of sp³-hybridized carbons (Fsp3) is 0.188. The SMILES string of the molecule is CC(C(=O)Nc1cnn(COc2ccc(Br)cc2)c1)n1cc(Br)cn1. The summed E-state index contributed by atoms with van der Waals surface area (Å²) in [6.07, 6.45) is 6.68. The van der Waals surface area contributed by atoms with Gasteiger partial charge in [-0.15, -0.1) is 0 Å². The van der Waals surface area contributed by atoms with Crippen molar-refractivity contribution in [1.29, 1.82) is 0 Å². The van der Waals surface area contributed by atoms with Gasteiger partial charge in [-0.1, -0.05) is 15.9 Å². The normalized spacial score (nSPS) is 12.0. The van der Waals surface area contributed by atoms with Crippen molar-refractivity contribution in [1.82, 2.24) is 19.6 Å². The minimum Gasteiger partial charge on any atom is -0.471 e. The lowest BCUT2D eigenvalue weighted by atomic mass is 10.3. The molecule has 1 amide bonds. The molecule has 0 saturated carbocycles. The van der Waals surface area contributed by atoms with E-state index in [9.17, 15) is 4.79 Å². The zero-order valence-corrected chi connectivity index (χ0v) is 16.4. The molecule has 0 spiro atoms. The van der Waals surface area contributed by atoms with E-state index in [0.29, 0.717) is 5.69 Å². The fourth-order valence-corrected chi connectivity index (χ4v) is 2.63. The van der Waals surface area contributed by atoms with Gasteiger partial charge in [-0.2, -0.15) is 10.2 Å². The Morgan fingerprint density at radius 1 is 1.16 bits per heavy atom. The Balaban J connectivity index is 1.55. The third kappa shape index (κ3) is 4.70. The monoisotopic (exact) mass is 467 g/mol. The summed E-state index contributed by atoms with van der Waals surface area (Å²) in [6, 6.07) is 7.09. The molecule has 1 atom stereocenters. The maximum absolute atomic E-state index is 12.3. The molecular formula is C16H15Br2N5O2. The topological polar surface area (TPSA) is 74.0 Å². The van der Waals surface area contributed by atoms with Gasteiger partial charge in [0, 0.05) is 10.7 Å². The fourth-order valence-electron chi connectivity index (χ4n) is 2.06. The van der Waals surface area contributed by atoms with Gasteiger partial charge < -0.3 is 10.1 Å². The second kappa shape index (κ2) is 7.83. The van der Waals surface area contributed by atoms with Crippen LogP contribution in [0, 0.1) is 0 Å². The summed E-state index contributed by atoms with van der Waals surface area (Å²) in [5.41, 5.74) is 0.600. The molecule has 1 aromatic carbocycles. The highest BCUT2D eigenvalue weighted by molar-refractivity contribution is 9.10. The van der Waals surface area contributed by atoms with E-state index in [4.69, 9.17) is 4.74 Å². The lowest BCUT2D eigenvalue weighted by Gasteiger charge is -2.11. The molecule has 9 heteroatoms. The molecule has 0 saturated heterocycles. The second-order valence-electron chi connectivity index (χ2n) is 5.30. The summed E-state index contributed by atoms with van der Waals surface area (Å²) in [4.78, 5) is 12.3. The van der Waals surface area contributed by atoms with Gasteiger partial charge in [0.15, 0.2) is 6.73 Å². The number of amides is 1. The zero-order chi connectivity index (χ0) is 17.8. The summed E-state index contributed by atoms with van der Waals surface area (Å²) < 4.78 is 10.6. The van der Waals surface area contributed by atoms with E-state index in [2.05, 4.69) is 47.4 Å². The standard InChI is InChI=1S/C16H15Br2N5O2/c1-11(23-8-13(18)6-20-23)16(24)21-14-7-19-22(9-14)10-25-15-4-2-12(17)3-5-15/h2-9,11H,10H2,1H3,(H,21,24). The third-order valence-corrected chi connectivity index (χ3v) is 4.36. The first-order valence-electron chi connectivity index (χ1n) is 7.42. The molecule has 7 nitrogen and oxygen atoms in total. The molecule has 130 valence electrons. The van der Waals surface area contributed by atoms with Crippen LogP contribution < -0.4 is 10.1 Å². The number of anilines is 1. The number of ether oxygens (including phenoxy) is 1. The van der Waals surface area contributed by atoms with Gasteiger partial charge in [-0.25, -0.2) is 4.68 Å². The lowest BCUT2D eigenvalue weighted by molar-refractivity contribution is -0.119. The van der Waals surface area contributed by atoms with E-state index in [0.717, 1.165) is 14.7 Å². The van der Waals surface area contributed by atoms with Crippen molar-refractivity contribution in [3.8, 4) is 5.75 Å². The molecule has 2 aromatic heterocycles. The van der Waals surface area contributed by atoms with Crippen LogP contribution in [0.4, 0.5) is 5.69 Å². The first kappa shape index (κ1) is 17.7. The quantitative estimate of drug-likeness (QED) is 0.596. The first-order chi connectivity index (χ1) is 12.0. The van der Waals surface area contributed by atoms with Crippen molar-refractivity contribution < 1.29 is 9.53 Å². The highest BCUT2D eigenvalue weighted by Crippen LogP contribution is 2.17. The summed E-state index contributed by atoms with van der Waals surface area (Å²) >= 11 is 6.69. The molecular weight excluding hydrogens is 454 g/mol. The lowest BCUT2D eigenvalue weighted by Crippen LogP contribution is -2.23. The van der Waals surface area contributed by atoms with E-state index in [1.165, 1.54) is 0 Å². The number of halogens is 2. The number of aromatic nitrogens is 4. The average molecular weight is 469 g/mol. The van der Waals surface area contributed by atoms with Gasteiger partial charge in [0.05, 0.1) is 28.8 Å². The summed E-state index contributed by atoms with van der Waals surface area (Å²) in [7, 11) is 0. The molecule has 0 aliphatic carbocycles. The number of nitrogens with one attached hydrogen (secondary N) is 1. The van der Waals surface area contributed by atoms with Crippen LogP contribution in [-0.2, 0) is 11.5 Å². The smallest absolute Gasteiger partial charge is 0.249 e. The van der Waals surface area contributed by atoms with Gasteiger partial charge in [0.25, 0.3) is 0 Å². The van der Waals surface area contributed by atoms with Crippen molar-refractivity contribution in [2.24, 2.45) is 0 Å². The first-order valence-corrected chi connectivity index (χ1v) is 9.01. The Hall–Kier alpha value is -2.13. The Morgan fingerprint density at radius 2 is 1.92 bits per heavy atom. The van der Waals surface area contributed by atoms with Crippen molar-refractivity contribution in [3.05, 3.63) is 58.0 Å². The number of nitrogens with zero attached hydrogens (tertiary/aromatic N) is 4.